The maximum absolute atomic E-state index is 12.0. The zero-order valence-electron chi connectivity index (χ0n) is 11.7. The van der Waals surface area contributed by atoms with E-state index in [0.29, 0.717) is 21.3 Å². The molecule has 6 nitrogen and oxygen atoms in total. The van der Waals surface area contributed by atoms with Crippen molar-refractivity contribution >= 4 is 40.8 Å². The Morgan fingerprint density at radius 1 is 1.36 bits per heavy atom. The summed E-state index contributed by atoms with van der Waals surface area (Å²) in [5, 5.41) is 7.39. The number of esters is 1. The number of carbonyl (C=O) groups is 2. The fourth-order valence-electron chi connectivity index (χ4n) is 1.77. The molecule has 1 heterocycles. The molecule has 22 heavy (non-hydrogen) atoms. The number of methoxy groups -OCH3 is 1. The van der Waals surface area contributed by atoms with Gasteiger partial charge in [0.25, 0.3) is 0 Å². The van der Waals surface area contributed by atoms with E-state index in [2.05, 4.69) is 15.2 Å². The van der Waals surface area contributed by atoms with E-state index in [-0.39, 0.29) is 18.9 Å². The molecule has 2 rings (SSSR count). The van der Waals surface area contributed by atoms with Gasteiger partial charge >= 0.3 is 5.97 Å². The van der Waals surface area contributed by atoms with Crippen molar-refractivity contribution in [3.8, 4) is 0 Å². The smallest absolute Gasteiger partial charge is 0.327 e. The van der Waals surface area contributed by atoms with Gasteiger partial charge in [-0.2, -0.15) is 5.10 Å². The maximum atomic E-state index is 12.0. The van der Waals surface area contributed by atoms with Gasteiger partial charge in [0.15, 0.2) is 0 Å². The Bertz CT molecular complexity index is 700. The molecule has 1 amide bonds. The van der Waals surface area contributed by atoms with Crippen molar-refractivity contribution in [2.24, 2.45) is 0 Å². The van der Waals surface area contributed by atoms with Crippen LogP contribution in [0.5, 0.6) is 0 Å². The fourth-order valence-corrected chi connectivity index (χ4v) is 2.16. The molecular formula is C14H13Cl2N3O3. The molecule has 1 aromatic heterocycles. The van der Waals surface area contributed by atoms with Crippen molar-refractivity contribution in [2.45, 2.75) is 13.0 Å². The monoisotopic (exact) mass is 341 g/mol. The summed E-state index contributed by atoms with van der Waals surface area (Å²) >= 11 is 11.9. The lowest BCUT2D eigenvalue weighted by Crippen LogP contribution is -2.14. The highest BCUT2D eigenvalue weighted by molar-refractivity contribution is 6.42. The number of rotatable bonds is 5. The summed E-state index contributed by atoms with van der Waals surface area (Å²) in [4.78, 5) is 23.1. The molecule has 0 saturated carbocycles. The molecule has 0 radical (unpaired) electrons. The number of benzene rings is 1. The number of nitrogens with zero attached hydrogens (tertiary/aromatic N) is 2. The number of aromatic nitrogens is 2. The van der Waals surface area contributed by atoms with Crippen LogP contribution in [0.2, 0.25) is 10.0 Å². The normalized spacial score (nSPS) is 10.3. The van der Waals surface area contributed by atoms with Crippen LogP contribution >= 0.6 is 23.2 Å². The van der Waals surface area contributed by atoms with E-state index in [4.69, 9.17) is 23.2 Å². The average Bonchev–Trinajstić information content (AvgIpc) is 2.90. The van der Waals surface area contributed by atoms with E-state index < -0.39 is 5.97 Å². The van der Waals surface area contributed by atoms with Crippen LogP contribution in [0.15, 0.2) is 30.6 Å². The minimum Gasteiger partial charge on any atom is -0.468 e. The number of anilines is 1. The number of amides is 1. The second-order valence-corrected chi connectivity index (χ2v) is 5.23. The van der Waals surface area contributed by atoms with E-state index in [9.17, 15) is 9.59 Å². The molecule has 0 atom stereocenters. The van der Waals surface area contributed by atoms with Crippen LogP contribution in [0, 0.1) is 0 Å². The number of halogens is 2. The SMILES string of the molecule is COC(=O)Cn1cc(NC(=O)Cc2cccc(Cl)c2Cl)cn1. The van der Waals surface area contributed by atoms with E-state index in [1.54, 1.807) is 18.2 Å². The number of carbonyl (C=O) groups excluding carboxylic acids is 2. The minimum atomic E-state index is -0.424. The van der Waals surface area contributed by atoms with Gasteiger partial charge in [-0.1, -0.05) is 35.3 Å². The van der Waals surface area contributed by atoms with Gasteiger partial charge < -0.3 is 10.1 Å². The van der Waals surface area contributed by atoms with Gasteiger partial charge in [-0.05, 0) is 11.6 Å². The first-order chi connectivity index (χ1) is 10.5. The molecule has 0 aliphatic heterocycles. The first-order valence-electron chi connectivity index (χ1n) is 6.31. The van der Waals surface area contributed by atoms with E-state index in [0.717, 1.165) is 0 Å². The van der Waals surface area contributed by atoms with Gasteiger partial charge in [0.2, 0.25) is 5.91 Å². The van der Waals surface area contributed by atoms with Gasteiger partial charge in [-0.3, -0.25) is 14.3 Å². The first-order valence-corrected chi connectivity index (χ1v) is 7.07. The lowest BCUT2D eigenvalue weighted by atomic mass is 10.1. The van der Waals surface area contributed by atoms with Crippen molar-refractivity contribution in [1.29, 1.82) is 0 Å². The van der Waals surface area contributed by atoms with Crippen LogP contribution in [0.25, 0.3) is 0 Å². The van der Waals surface area contributed by atoms with Crippen LogP contribution in [-0.2, 0) is 27.3 Å². The molecule has 0 spiro atoms. The molecule has 0 fully saturated rings. The second kappa shape index (κ2) is 7.29. The maximum Gasteiger partial charge on any atom is 0.327 e. The van der Waals surface area contributed by atoms with Crippen LogP contribution in [-0.4, -0.2) is 28.8 Å². The Hall–Kier alpha value is -2.05. The van der Waals surface area contributed by atoms with Crippen molar-refractivity contribution in [3.05, 3.63) is 46.2 Å². The van der Waals surface area contributed by atoms with Crippen LogP contribution in [0.1, 0.15) is 5.56 Å². The van der Waals surface area contributed by atoms with E-state index in [1.165, 1.54) is 24.2 Å². The van der Waals surface area contributed by atoms with Gasteiger partial charge in [0.1, 0.15) is 6.54 Å². The lowest BCUT2D eigenvalue weighted by molar-refractivity contribution is -0.141. The standard InChI is InChI=1S/C14H13Cl2N3O3/c1-22-13(21)8-19-7-10(6-17-19)18-12(20)5-9-3-2-4-11(15)14(9)16/h2-4,6-7H,5,8H2,1H3,(H,18,20). The molecule has 116 valence electrons. The minimum absolute atomic E-state index is 0.0213. The molecule has 1 N–H and O–H groups in total. The molecule has 0 aliphatic carbocycles. The highest BCUT2D eigenvalue weighted by Gasteiger charge is 2.11. The van der Waals surface area contributed by atoms with Gasteiger partial charge in [0, 0.05) is 6.20 Å². The van der Waals surface area contributed by atoms with Crippen molar-refractivity contribution in [3.63, 3.8) is 0 Å². The fraction of sp³-hybridized carbons (Fsp3) is 0.214. The number of hydrogen-bond donors (Lipinski definition) is 1. The molecule has 0 aliphatic rings. The van der Waals surface area contributed by atoms with E-state index in [1.807, 2.05) is 0 Å². The lowest BCUT2D eigenvalue weighted by Gasteiger charge is -2.06. The first kappa shape index (κ1) is 16.3. The van der Waals surface area contributed by atoms with Gasteiger partial charge in [-0.25, -0.2) is 0 Å². The third kappa shape index (κ3) is 4.22. The van der Waals surface area contributed by atoms with Crippen LogP contribution in [0.4, 0.5) is 5.69 Å². The summed E-state index contributed by atoms with van der Waals surface area (Å²) in [6, 6.07) is 5.11. The largest absolute Gasteiger partial charge is 0.468 e. The van der Waals surface area contributed by atoms with E-state index >= 15 is 0 Å². The molecular weight excluding hydrogens is 329 g/mol. The Balaban J connectivity index is 1.97. The Morgan fingerprint density at radius 2 is 2.14 bits per heavy atom. The zero-order chi connectivity index (χ0) is 16.1. The Kier molecular flexibility index (Phi) is 5.41. The highest BCUT2D eigenvalue weighted by atomic mass is 35.5. The predicted octanol–water partition coefficient (Wildman–Crippen LogP) is 2.54. The summed E-state index contributed by atoms with van der Waals surface area (Å²) in [6.45, 7) is -0.0213. The third-order valence-electron chi connectivity index (χ3n) is 2.82. The highest BCUT2D eigenvalue weighted by Crippen LogP contribution is 2.26. The quantitative estimate of drug-likeness (QED) is 0.848. The summed E-state index contributed by atoms with van der Waals surface area (Å²) in [6.07, 6.45) is 3.07. The number of nitrogens with one attached hydrogen (secondary N) is 1. The number of hydrogen-bond acceptors (Lipinski definition) is 4. The summed E-state index contributed by atoms with van der Waals surface area (Å²) < 4.78 is 5.90. The predicted molar refractivity (Wildman–Crippen MR) is 83.0 cm³/mol. The number of ether oxygens (including phenoxy) is 1. The molecule has 0 unspecified atom stereocenters. The summed E-state index contributed by atoms with van der Waals surface area (Å²) in [5.41, 5.74) is 1.11. The molecule has 0 bridgehead atoms. The molecule has 2 aromatic rings. The van der Waals surface area contributed by atoms with Crippen molar-refractivity contribution < 1.29 is 14.3 Å². The topological polar surface area (TPSA) is 73.2 Å². The van der Waals surface area contributed by atoms with Gasteiger partial charge in [-0.15, -0.1) is 0 Å². The molecule has 1 aromatic carbocycles. The van der Waals surface area contributed by atoms with Crippen molar-refractivity contribution in [2.75, 3.05) is 12.4 Å². The molecule has 8 heteroatoms. The summed E-state index contributed by atoms with van der Waals surface area (Å²) in [5.74, 6) is -0.687. The van der Waals surface area contributed by atoms with Crippen LogP contribution < -0.4 is 5.32 Å². The van der Waals surface area contributed by atoms with Crippen LogP contribution in [0.3, 0.4) is 0 Å². The summed E-state index contributed by atoms with van der Waals surface area (Å²) in [7, 11) is 1.29. The zero-order valence-corrected chi connectivity index (χ0v) is 13.2. The van der Waals surface area contributed by atoms with Crippen molar-refractivity contribution in [1.82, 2.24) is 9.78 Å². The van der Waals surface area contributed by atoms with Gasteiger partial charge in [0.05, 0.1) is 35.5 Å². The Morgan fingerprint density at radius 3 is 2.86 bits per heavy atom. The third-order valence-corrected chi connectivity index (χ3v) is 3.68. The molecule has 0 saturated heterocycles. The average molecular weight is 342 g/mol. The second-order valence-electron chi connectivity index (χ2n) is 4.44. The Labute approximate surface area is 137 Å².